The van der Waals surface area contributed by atoms with Gasteiger partial charge < -0.3 is 45.7 Å². The van der Waals surface area contributed by atoms with Crippen molar-refractivity contribution >= 4 is 28.7 Å². The Morgan fingerprint density at radius 1 is 0.809 bits per heavy atom. The van der Waals surface area contributed by atoms with Gasteiger partial charge in [0, 0.05) is 60.4 Å². The van der Waals surface area contributed by atoms with Crippen LogP contribution in [0.4, 0.5) is 0 Å². The Bertz CT molecular complexity index is 2750. The molecule has 2 saturated heterocycles. The first-order valence-corrected chi connectivity index (χ1v) is 23.4. The fourth-order valence-electron chi connectivity index (χ4n) is 9.53. The third-order valence-corrected chi connectivity index (χ3v) is 13.3. The summed E-state index contributed by atoms with van der Waals surface area (Å²) in [5.41, 5.74) is 2.30. The van der Waals surface area contributed by atoms with Crippen molar-refractivity contribution in [3.8, 4) is 11.5 Å². The lowest BCUT2D eigenvalue weighted by molar-refractivity contribution is -0.155. The molecule has 6 aromatic rings. The van der Waals surface area contributed by atoms with E-state index in [4.69, 9.17) is 4.74 Å². The highest BCUT2D eigenvalue weighted by molar-refractivity contribution is 5.94. The number of piperidine rings is 2. The van der Waals surface area contributed by atoms with Gasteiger partial charge in [-0.1, -0.05) is 84.9 Å². The summed E-state index contributed by atoms with van der Waals surface area (Å²) in [6.07, 6.45) is 3.52. The molecule has 2 amide bonds. The lowest BCUT2D eigenvalue weighted by atomic mass is 9.80. The highest BCUT2D eigenvalue weighted by Crippen LogP contribution is 2.36. The zero-order valence-electron chi connectivity index (χ0n) is 38.0. The number of carbonyl (C=O) groups excluding carboxylic acids is 2. The van der Waals surface area contributed by atoms with Crippen LogP contribution in [0.1, 0.15) is 75.5 Å². The topological polar surface area (TPSA) is 205 Å². The Hall–Kier alpha value is -6.84. The van der Waals surface area contributed by atoms with E-state index in [9.17, 15) is 39.6 Å². The number of aromatic hydroxyl groups is 1. The first-order valence-electron chi connectivity index (χ1n) is 23.4. The van der Waals surface area contributed by atoms with Gasteiger partial charge in [0.05, 0.1) is 11.6 Å². The molecule has 0 unspecified atom stereocenters. The number of phenols is 1. The van der Waals surface area contributed by atoms with Crippen LogP contribution >= 0.6 is 0 Å². The standard InChI is InChI=1S/C54H59N5O9/c60-47-19-17-44(45-18-20-49(62)57-51(45)47)48(61)33-55-26-21-36-13-15-39(16-14-36)52(64)59-29-24-42(25-30-59)56-50(63)35-68-43-11-6-10-41(32-43)54(67,53(65)66)46-12-5-4-9-40(46)31-37-22-27-58(28-23-37)34-38-7-2-1-3-8-38/h1-20,32,37,42,48,55,60-61,67H,21-31,33-35H2,(H,56,63)(H,57,62)(H,65,66)/t48-,54-/m0/s1. The Morgan fingerprint density at radius 3 is 2.29 bits per heavy atom. The number of likely N-dealkylation sites (tertiary alicyclic amines) is 2. The molecule has 68 heavy (non-hydrogen) atoms. The first kappa shape index (κ1) is 47.6. The molecule has 0 spiro atoms. The number of aliphatic hydroxyl groups excluding tert-OH is 1. The summed E-state index contributed by atoms with van der Waals surface area (Å²) >= 11 is 0. The maximum atomic E-state index is 13.4. The average Bonchev–Trinajstić information content (AvgIpc) is 3.36. The number of aliphatic hydroxyl groups is 2. The predicted octanol–water partition coefficient (Wildman–Crippen LogP) is 5.67. The van der Waals surface area contributed by atoms with Gasteiger partial charge in [-0.3, -0.25) is 19.3 Å². The summed E-state index contributed by atoms with van der Waals surface area (Å²) in [6, 6.07) is 37.2. The Morgan fingerprint density at radius 2 is 1.54 bits per heavy atom. The van der Waals surface area contributed by atoms with Crippen LogP contribution in [0.2, 0.25) is 0 Å². The van der Waals surface area contributed by atoms with E-state index in [0.29, 0.717) is 73.3 Å². The number of carboxylic acid groups (broad SMARTS) is 1. The Labute approximate surface area is 395 Å². The molecular weight excluding hydrogens is 863 g/mol. The van der Waals surface area contributed by atoms with Crippen molar-refractivity contribution in [2.45, 2.75) is 62.8 Å². The SMILES string of the molecule is O=C(COc1cccc([C@@](O)(C(=O)O)c2ccccc2CC2CCN(Cc3ccccc3)CC2)c1)NC1CCN(C(=O)c2ccc(CCNC[C@H](O)c3ccc(O)c4[nH]c(=O)ccc34)cc2)CC1. The number of fused-ring (bicyclic) bond motifs is 1. The first-order chi connectivity index (χ1) is 32.9. The van der Waals surface area contributed by atoms with Crippen molar-refractivity contribution in [2.75, 3.05) is 45.9 Å². The number of carboxylic acids is 1. The van der Waals surface area contributed by atoms with Crippen molar-refractivity contribution in [3.05, 3.63) is 177 Å². The molecule has 354 valence electrons. The molecule has 1 aromatic heterocycles. The number of pyridine rings is 1. The second kappa shape index (κ2) is 21.9. The number of hydrogen-bond donors (Lipinski definition) is 7. The average molecular weight is 922 g/mol. The van der Waals surface area contributed by atoms with E-state index in [1.165, 1.54) is 23.8 Å². The summed E-state index contributed by atoms with van der Waals surface area (Å²) in [4.78, 5) is 58.0. The van der Waals surface area contributed by atoms with Crippen LogP contribution in [0.25, 0.3) is 10.9 Å². The number of ether oxygens (including phenoxy) is 1. The number of amides is 2. The van der Waals surface area contributed by atoms with Crippen LogP contribution in [0, 0.1) is 5.92 Å². The number of benzene rings is 5. The van der Waals surface area contributed by atoms with E-state index >= 15 is 0 Å². The third kappa shape index (κ3) is 11.5. The highest BCUT2D eigenvalue weighted by Gasteiger charge is 2.42. The highest BCUT2D eigenvalue weighted by atomic mass is 16.5. The number of H-pyrrole nitrogens is 1. The number of aliphatic carboxylic acids is 1. The summed E-state index contributed by atoms with van der Waals surface area (Å²) in [5, 5.41) is 50.4. The maximum absolute atomic E-state index is 13.4. The van der Waals surface area contributed by atoms with E-state index in [1.54, 1.807) is 47.4 Å². The maximum Gasteiger partial charge on any atom is 0.345 e. The van der Waals surface area contributed by atoms with E-state index in [0.717, 1.165) is 43.6 Å². The fourth-order valence-corrected chi connectivity index (χ4v) is 9.53. The number of nitrogens with zero attached hydrogens (tertiary/aromatic N) is 2. The molecule has 2 fully saturated rings. The third-order valence-electron chi connectivity index (χ3n) is 13.3. The molecule has 0 bridgehead atoms. The van der Waals surface area contributed by atoms with Gasteiger partial charge in [-0.05, 0) is 123 Å². The largest absolute Gasteiger partial charge is 0.506 e. The van der Waals surface area contributed by atoms with Gasteiger partial charge in [0.1, 0.15) is 11.5 Å². The minimum absolute atomic E-state index is 0.0631. The second-order valence-corrected chi connectivity index (χ2v) is 18.0. The minimum atomic E-state index is -2.35. The zero-order valence-corrected chi connectivity index (χ0v) is 38.0. The monoisotopic (exact) mass is 921 g/mol. The number of rotatable bonds is 18. The van der Waals surface area contributed by atoms with Crippen molar-refractivity contribution in [2.24, 2.45) is 5.92 Å². The summed E-state index contributed by atoms with van der Waals surface area (Å²) < 4.78 is 5.85. The van der Waals surface area contributed by atoms with Crippen molar-refractivity contribution in [1.82, 2.24) is 25.4 Å². The molecule has 0 radical (unpaired) electrons. The molecule has 2 aliphatic heterocycles. The van der Waals surface area contributed by atoms with Crippen LogP contribution in [0.15, 0.2) is 132 Å². The summed E-state index contributed by atoms with van der Waals surface area (Å²) in [7, 11) is 0. The van der Waals surface area contributed by atoms with Crippen molar-refractivity contribution in [3.63, 3.8) is 0 Å². The zero-order chi connectivity index (χ0) is 47.6. The van der Waals surface area contributed by atoms with E-state index in [2.05, 4.69) is 44.8 Å². The van der Waals surface area contributed by atoms with Crippen LogP contribution in [-0.4, -0.2) is 105 Å². The lowest BCUT2D eigenvalue weighted by Crippen LogP contribution is -2.47. The van der Waals surface area contributed by atoms with Crippen LogP contribution in [-0.2, 0) is 34.6 Å². The van der Waals surface area contributed by atoms with Crippen LogP contribution < -0.4 is 20.9 Å². The fraction of sp³-hybridized carbons (Fsp3) is 0.333. The van der Waals surface area contributed by atoms with E-state index in [-0.39, 0.29) is 59.1 Å². The van der Waals surface area contributed by atoms with Gasteiger partial charge in [0.25, 0.3) is 11.8 Å². The van der Waals surface area contributed by atoms with Gasteiger partial charge in [-0.2, -0.15) is 0 Å². The Kier molecular flexibility index (Phi) is 15.3. The quantitative estimate of drug-likeness (QED) is 0.0523. The second-order valence-electron chi connectivity index (χ2n) is 18.0. The molecule has 0 aliphatic carbocycles. The molecule has 2 atom stereocenters. The Balaban J connectivity index is 0.775. The number of nitrogens with one attached hydrogen (secondary N) is 3. The summed E-state index contributed by atoms with van der Waals surface area (Å²) in [5.74, 6) is -1.31. The molecular formula is C54H59N5O9. The van der Waals surface area contributed by atoms with Gasteiger partial charge in [-0.15, -0.1) is 0 Å². The number of phenolic OH excluding ortho intramolecular Hbond substituents is 1. The number of carbonyl (C=O) groups is 3. The predicted molar refractivity (Wildman–Crippen MR) is 258 cm³/mol. The molecule has 7 N–H and O–H groups in total. The van der Waals surface area contributed by atoms with Crippen molar-refractivity contribution in [1.29, 1.82) is 0 Å². The number of aromatic nitrogens is 1. The smallest absolute Gasteiger partial charge is 0.345 e. The normalized spacial score (nSPS) is 16.2. The number of aromatic amines is 1. The molecule has 3 heterocycles. The molecule has 5 aromatic carbocycles. The van der Waals surface area contributed by atoms with E-state index < -0.39 is 17.7 Å². The number of hydrogen-bond acceptors (Lipinski definition) is 10. The van der Waals surface area contributed by atoms with Gasteiger partial charge in [0.15, 0.2) is 6.61 Å². The molecule has 0 saturated carbocycles. The van der Waals surface area contributed by atoms with Gasteiger partial charge >= 0.3 is 5.97 Å². The van der Waals surface area contributed by atoms with E-state index in [1.807, 2.05) is 42.5 Å². The van der Waals surface area contributed by atoms with Crippen LogP contribution in [0.3, 0.4) is 0 Å². The summed E-state index contributed by atoms with van der Waals surface area (Å²) in [6.45, 7) is 4.25. The van der Waals surface area contributed by atoms with Gasteiger partial charge in [0.2, 0.25) is 11.2 Å². The lowest BCUT2D eigenvalue weighted by Gasteiger charge is -2.33. The minimum Gasteiger partial charge on any atom is -0.506 e. The van der Waals surface area contributed by atoms with Gasteiger partial charge in [-0.25, -0.2) is 4.79 Å². The molecule has 8 rings (SSSR count). The van der Waals surface area contributed by atoms with Crippen LogP contribution in [0.5, 0.6) is 11.5 Å². The van der Waals surface area contributed by atoms with Crippen molar-refractivity contribution < 1.29 is 39.5 Å². The molecule has 14 heteroatoms. The molecule has 2 aliphatic rings. The molecule has 14 nitrogen and oxygen atoms in total.